The van der Waals surface area contributed by atoms with Crippen molar-refractivity contribution < 1.29 is 30.8 Å². The second kappa shape index (κ2) is 9.99. The molecule has 14 heteroatoms. The van der Waals surface area contributed by atoms with Gasteiger partial charge in [-0.3, -0.25) is 9.69 Å². The molecule has 1 aliphatic rings. The van der Waals surface area contributed by atoms with Crippen LogP contribution in [0.15, 0.2) is 65.8 Å². The Morgan fingerprint density at radius 1 is 1.10 bits per heavy atom. The Hall–Kier alpha value is -3.93. The monoisotopic (exact) mass is 577 g/mol. The summed E-state index contributed by atoms with van der Waals surface area (Å²) in [7, 11) is -4.00. The van der Waals surface area contributed by atoms with Gasteiger partial charge in [0.25, 0.3) is 15.9 Å². The van der Waals surface area contributed by atoms with Gasteiger partial charge in [-0.15, -0.1) is 0 Å². The standard InChI is InChI=1S/C25H19F4N5O3S2/c1-24(2)22(35)33(17-8-6-15(13-30)19(11-17)25(27,28)29)23(38)34(24)18-9-7-16(20(26)12-18)14-32-39(36,37)21-5-3-4-10-31-21/h3-12,32H,14H2,1-2H3. The number of nitrogens with one attached hydrogen (secondary N) is 1. The number of hydrogen-bond donors (Lipinski definition) is 1. The molecule has 1 N–H and O–H groups in total. The molecule has 0 radical (unpaired) electrons. The Morgan fingerprint density at radius 2 is 1.79 bits per heavy atom. The topological polar surface area (TPSA) is 106 Å². The van der Waals surface area contributed by atoms with Crippen molar-refractivity contribution in [3.8, 4) is 6.07 Å². The van der Waals surface area contributed by atoms with E-state index in [0.29, 0.717) is 6.07 Å². The van der Waals surface area contributed by atoms with Crippen molar-refractivity contribution in [2.24, 2.45) is 0 Å². The van der Waals surface area contributed by atoms with E-state index < -0.39 is 51.1 Å². The van der Waals surface area contributed by atoms with Gasteiger partial charge in [0.2, 0.25) is 0 Å². The average Bonchev–Trinajstić information content (AvgIpc) is 3.06. The molecule has 0 atom stereocenters. The summed E-state index contributed by atoms with van der Waals surface area (Å²) >= 11 is 5.44. The summed E-state index contributed by atoms with van der Waals surface area (Å²) in [6, 6.07) is 12.4. The third-order valence-corrected chi connectivity index (χ3v) is 7.70. The average molecular weight is 578 g/mol. The van der Waals surface area contributed by atoms with Crippen molar-refractivity contribution in [3.05, 3.63) is 83.3 Å². The molecular weight excluding hydrogens is 558 g/mol. The third kappa shape index (κ3) is 5.20. The molecule has 202 valence electrons. The first kappa shape index (κ1) is 28.1. The van der Waals surface area contributed by atoms with Gasteiger partial charge < -0.3 is 4.90 Å². The van der Waals surface area contributed by atoms with Crippen molar-refractivity contribution in [3.63, 3.8) is 0 Å². The lowest BCUT2D eigenvalue weighted by Gasteiger charge is -2.29. The lowest BCUT2D eigenvalue weighted by molar-refractivity contribution is -0.137. The summed E-state index contributed by atoms with van der Waals surface area (Å²) in [4.78, 5) is 19.3. The Balaban J connectivity index is 1.63. The summed E-state index contributed by atoms with van der Waals surface area (Å²) in [6.07, 6.45) is -3.55. The van der Waals surface area contributed by atoms with E-state index in [1.165, 1.54) is 61.3 Å². The first-order chi connectivity index (χ1) is 18.2. The van der Waals surface area contributed by atoms with E-state index in [1.807, 2.05) is 0 Å². The van der Waals surface area contributed by atoms with E-state index in [-0.39, 0.29) is 27.1 Å². The molecule has 8 nitrogen and oxygen atoms in total. The van der Waals surface area contributed by atoms with E-state index in [0.717, 1.165) is 17.0 Å². The van der Waals surface area contributed by atoms with Crippen molar-refractivity contribution in [1.82, 2.24) is 9.71 Å². The number of anilines is 2. The number of carbonyl (C=O) groups excluding carboxylic acids is 1. The van der Waals surface area contributed by atoms with Crippen LogP contribution in [0.3, 0.4) is 0 Å². The minimum Gasteiger partial charge on any atom is -0.303 e. The molecule has 1 saturated heterocycles. The smallest absolute Gasteiger partial charge is 0.303 e. The van der Waals surface area contributed by atoms with Gasteiger partial charge in [0.1, 0.15) is 11.4 Å². The summed E-state index contributed by atoms with van der Waals surface area (Å²) in [5, 5.41) is 8.63. The van der Waals surface area contributed by atoms with Crippen molar-refractivity contribution in [2.75, 3.05) is 9.80 Å². The van der Waals surface area contributed by atoms with Crippen LogP contribution in [0.1, 0.15) is 30.5 Å². The van der Waals surface area contributed by atoms with Gasteiger partial charge in [-0.25, -0.2) is 22.5 Å². The number of nitriles is 1. The number of halogens is 4. The van der Waals surface area contributed by atoms with Gasteiger partial charge >= 0.3 is 6.18 Å². The van der Waals surface area contributed by atoms with E-state index in [1.54, 1.807) is 6.07 Å². The SMILES string of the molecule is CC1(C)C(=O)N(c2ccc(C#N)c(C(F)(F)F)c2)C(=S)N1c1ccc(CNS(=O)(=O)c2ccccn2)c(F)c1. The highest BCUT2D eigenvalue weighted by Crippen LogP contribution is 2.40. The number of sulfonamides is 1. The number of alkyl halides is 3. The second-order valence-electron chi connectivity index (χ2n) is 8.93. The molecular formula is C25H19F4N5O3S2. The van der Waals surface area contributed by atoms with Gasteiger partial charge in [0.15, 0.2) is 10.1 Å². The number of aromatic nitrogens is 1. The zero-order valence-corrected chi connectivity index (χ0v) is 22.0. The molecule has 2 heterocycles. The summed E-state index contributed by atoms with van der Waals surface area (Å²) in [6.45, 7) is 2.56. The maximum absolute atomic E-state index is 15.1. The largest absolute Gasteiger partial charge is 0.417 e. The second-order valence-corrected chi connectivity index (χ2v) is 11.0. The molecule has 0 spiro atoms. The van der Waals surface area contributed by atoms with Gasteiger partial charge in [-0.2, -0.15) is 18.4 Å². The minimum absolute atomic E-state index is 0.00808. The fourth-order valence-electron chi connectivity index (χ4n) is 4.03. The molecule has 0 bridgehead atoms. The van der Waals surface area contributed by atoms with Gasteiger partial charge in [-0.1, -0.05) is 12.1 Å². The number of hydrogen-bond acceptors (Lipinski definition) is 6. The van der Waals surface area contributed by atoms with Crippen LogP contribution in [-0.4, -0.2) is 30.0 Å². The van der Waals surface area contributed by atoms with Crippen LogP contribution in [0.25, 0.3) is 0 Å². The van der Waals surface area contributed by atoms with Crippen LogP contribution >= 0.6 is 12.2 Å². The Morgan fingerprint density at radius 3 is 2.38 bits per heavy atom. The third-order valence-electron chi connectivity index (χ3n) is 6.02. The highest BCUT2D eigenvalue weighted by Gasteiger charge is 2.50. The van der Waals surface area contributed by atoms with Crippen molar-refractivity contribution >= 4 is 44.6 Å². The van der Waals surface area contributed by atoms with Crippen LogP contribution in [0.4, 0.5) is 28.9 Å². The van der Waals surface area contributed by atoms with Gasteiger partial charge in [-0.05, 0) is 68.5 Å². The molecule has 1 aromatic heterocycles. The minimum atomic E-state index is -4.85. The van der Waals surface area contributed by atoms with E-state index in [2.05, 4.69) is 9.71 Å². The summed E-state index contributed by atoms with van der Waals surface area (Å²) in [5.41, 5.74) is -3.34. The first-order valence-corrected chi connectivity index (χ1v) is 13.1. The van der Waals surface area contributed by atoms with Crippen LogP contribution in [0, 0.1) is 17.1 Å². The van der Waals surface area contributed by atoms with Crippen LogP contribution in [0.2, 0.25) is 0 Å². The fraction of sp³-hybridized carbons (Fsp3) is 0.200. The molecule has 0 aliphatic carbocycles. The van der Waals surface area contributed by atoms with Crippen molar-refractivity contribution in [1.29, 1.82) is 5.26 Å². The van der Waals surface area contributed by atoms with E-state index in [9.17, 15) is 26.4 Å². The van der Waals surface area contributed by atoms with E-state index in [4.69, 9.17) is 17.5 Å². The lowest BCUT2D eigenvalue weighted by Crippen LogP contribution is -2.44. The first-order valence-electron chi connectivity index (χ1n) is 11.2. The molecule has 0 saturated carbocycles. The number of amides is 1. The normalized spacial score (nSPS) is 15.5. The zero-order valence-electron chi connectivity index (χ0n) is 20.3. The van der Waals surface area contributed by atoms with Gasteiger partial charge in [0, 0.05) is 24.0 Å². The molecule has 3 aromatic rings. The van der Waals surface area contributed by atoms with Crippen molar-refractivity contribution in [2.45, 2.75) is 37.1 Å². The number of nitrogens with zero attached hydrogens (tertiary/aromatic N) is 4. The summed E-state index contributed by atoms with van der Waals surface area (Å²) in [5.74, 6) is -1.48. The number of rotatable bonds is 6. The quantitative estimate of drug-likeness (QED) is 0.340. The lowest BCUT2D eigenvalue weighted by atomic mass is 10.0. The Labute approximate surface area is 226 Å². The molecule has 2 aromatic carbocycles. The van der Waals surface area contributed by atoms with Gasteiger partial charge in [0.05, 0.1) is 22.9 Å². The maximum atomic E-state index is 15.1. The Bertz CT molecular complexity index is 1620. The van der Waals surface area contributed by atoms with Crippen LogP contribution < -0.4 is 14.5 Å². The molecule has 1 amide bonds. The van der Waals surface area contributed by atoms with Crippen LogP contribution in [0.5, 0.6) is 0 Å². The number of thiocarbonyl (C=S) groups is 1. The van der Waals surface area contributed by atoms with Crippen LogP contribution in [-0.2, 0) is 27.5 Å². The number of pyridine rings is 1. The molecule has 39 heavy (non-hydrogen) atoms. The van der Waals surface area contributed by atoms with E-state index >= 15 is 4.39 Å². The number of carbonyl (C=O) groups is 1. The Kier molecular flexibility index (Phi) is 7.20. The molecule has 4 rings (SSSR count). The molecule has 0 unspecified atom stereocenters. The number of benzene rings is 2. The molecule has 1 aliphatic heterocycles. The predicted molar refractivity (Wildman–Crippen MR) is 137 cm³/mol. The maximum Gasteiger partial charge on any atom is 0.417 e. The highest BCUT2D eigenvalue weighted by molar-refractivity contribution is 7.89. The predicted octanol–water partition coefficient (Wildman–Crippen LogP) is 4.51. The zero-order chi connectivity index (χ0) is 28.8. The fourth-order valence-corrected chi connectivity index (χ4v) is 5.50. The highest BCUT2D eigenvalue weighted by atomic mass is 32.2. The molecule has 1 fully saturated rings. The summed E-state index contributed by atoms with van der Waals surface area (Å²) < 4.78 is 82.7.